The van der Waals surface area contributed by atoms with Gasteiger partial charge in [0.25, 0.3) is 5.56 Å². The third kappa shape index (κ3) is 1.24. The Hall–Kier alpha value is -1.58. The summed E-state index contributed by atoms with van der Waals surface area (Å²) in [5, 5.41) is 2.96. The zero-order valence-corrected chi connectivity index (χ0v) is 7.61. The highest BCUT2D eigenvalue weighted by Gasteiger charge is 2.05. The lowest BCUT2D eigenvalue weighted by Crippen LogP contribution is -2.11. The summed E-state index contributed by atoms with van der Waals surface area (Å²) >= 11 is 0. The van der Waals surface area contributed by atoms with E-state index in [0.717, 1.165) is 5.82 Å². The van der Waals surface area contributed by atoms with E-state index in [-0.39, 0.29) is 5.56 Å². The number of hydrogen-bond acceptors (Lipinski definition) is 2. The molecule has 4 nitrogen and oxygen atoms in total. The molecule has 0 aliphatic rings. The first kappa shape index (κ1) is 8.04. The Morgan fingerprint density at radius 1 is 1.46 bits per heavy atom. The number of aromatic amines is 1. The highest BCUT2D eigenvalue weighted by atomic mass is 16.1. The summed E-state index contributed by atoms with van der Waals surface area (Å²) in [4.78, 5) is 15.6. The molecule has 0 aromatic carbocycles. The number of rotatable bonds is 1. The summed E-state index contributed by atoms with van der Waals surface area (Å²) in [6, 6.07) is 5.03. The van der Waals surface area contributed by atoms with Gasteiger partial charge in [-0.1, -0.05) is 19.9 Å². The van der Waals surface area contributed by atoms with Gasteiger partial charge < -0.3 is 0 Å². The molecule has 0 fully saturated rings. The second-order valence-corrected chi connectivity index (χ2v) is 3.32. The second-order valence-electron chi connectivity index (χ2n) is 3.32. The van der Waals surface area contributed by atoms with E-state index in [1.165, 1.54) is 10.6 Å². The number of H-pyrrole nitrogens is 1. The molecule has 0 radical (unpaired) electrons. The Balaban J connectivity index is 2.76. The van der Waals surface area contributed by atoms with Gasteiger partial charge in [0, 0.05) is 12.0 Å². The number of hydrogen-bond donors (Lipinski definition) is 1. The first-order valence-corrected chi connectivity index (χ1v) is 4.26. The summed E-state index contributed by atoms with van der Waals surface area (Å²) in [6.07, 6.45) is 0. The zero-order valence-electron chi connectivity index (χ0n) is 7.61. The number of aromatic nitrogens is 3. The summed E-state index contributed by atoms with van der Waals surface area (Å²) < 4.78 is 1.45. The molecule has 2 heterocycles. The van der Waals surface area contributed by atoms with Crippen molar-refractivity contribution in [3.8, 4) is 0 Å². The van der Waals surface area contributed by atoms with E-state index < -0.39 is 0 Å². The van der Waals surface area contributed by atoms with Crippen LogP contribution in [0.2, 0.25) is 0 Å². The highest BCUT2D eigenvalue weighted by Crippen LogP contribution is 2.08. The van der Waals surface area contributed by atoms with Crippen molar-refractivity contribution in [3.05, 3.63) is 34.4 Å². The van der Waals surface area contributed by atoms with Gasteiger partial charge >= 0.3 is 0 Å². The Morgan fingerprint density at radius 3 is 2.85 bits per heavy atom. The van der Waals surface area contributed by atoms with Crippen molar-refractivity contribution in [2.75, 3.05) is 0 Å². The molecule has 0 spiro atoms. The largest absolute Gasteiger partial charge is 0.276 e. The fourth-order valence-electron chi connectivity index (χ4n) is 1.20. The smallest absolute Gasteiger partial charge is 0.271 e. The number of fused-ring (bicyclic) bond motifs is 1. The Bertz CT molecular complexity index is 481. The minimum Gasteiger partial charge on any atom is -0.276 e. The normalized spacial score (nSPS) is 11.3. The lowest BCUT2D eigenvalue weighted by atomic mass is 10.2. The summed E-state index contributed by atoms with van der Waals surface area (Å²) in [7, 11) is 0. The maximum Gasteiger partial charge on any atom is 0.271 e. The van der Waals surface area contributed by atoms with Gasteiger partial charge in [0.2, 0.25) is 0 Å². The molecular formula is C9H11N3O. The molecule has 2 aromatic heterocycles. The number of pyridine rings is 1. The average molecular weight is 177 g/mol. The molecule has 0 atom stereocenters. The zero-order chi connectivity index (χ0) is 9.42. The lowest BCUT2D eigenvalue weighted by Gasteiger charge is -1.95. The Morgan fingerprint density at radius 2 is 2.23 bits per heavy atom. The topological polar surface area (TPSA) is 50.2 Å². The summed E-state index contributed by atoms with van der Waals surface area (Å²) in [5.41, 5.74) is 0.605. The van der Waals surface area contributed by atoms with Crippen LogP contribution >= 0.6 is 0 Å². The summed E-state index contributed by atoms with van der Waals surface area (Å²) in [5.74, 6) is 1.14. The van der Waals surface area contributed by atoms with Gasteiger partial charge in [-0.2, -0.15) is 0 Å². The van der Waals surface area contributed by atoms with E-state index in [4.69, 9.17) is 0 Å². The van der Waals surface area contributed by atoms with Gasteiger partial charge in [-0.15, -0.1) is 0 Å². The molecule has 4 heteroatoms. The molecule has 0 aliphatic heterocycles. The monoisotopic (exact) mass is 177 g/mol. The molecule has 0 amide bonds. The molecule has 2 aromatic rings. The van der Waals surface area contributed by atoms with E-state index in [1.54, 1.807) is 6.07 Å². The molecule has 0 aliphatic carbocycles. The van der Waals surface area contributed by atoms with E-state index in [2.05, 4.69) is 10.1 Å². The third-order valence-electron chi connectivity index (χ3n) is 1.94. The molecule has 0 bridgehead atoms. The molecule has 13 heavy (non-hydrogen) atoms. The fraction of sp³-hybridized carbons (Fsp3) is 0.333. The van der Waals surface area contributed by atoms with Crippen LogP contribution in [0.1, 0.15) is 25.6 Å². The maximum absolute atomic E-state index is 11.3. The van der Waals surface area contributed by atoms with Gasteiger partial charge in [-0.05, 0) is 6.07 Å². The molecular weight excluding hydrogens is 166 g/mol. The molecule has 0 unspecified atom stereocenters. The van der Waals surface area contributed by atoms with Gasteiger partial charge in [0.15, 0.2) is 5.65 Å². The number of nitrogens with one attached hydrogen (secondary N) is 1. The third-order valence-corrected chi connectivity index (χ3v) is 1.94. The van der Waals surface area contributed by atoms with Crippen molar-refractivity contribution in [3.63, 3.8) is 0 Å². The Labute approximate surface area is 75.2 Å². The molecule has 0 saturated heterocycles. The van der Waals surface area contributed by atoms with E-state index in [9.17, 15) is 4.79 Å². The van der Waals surface area contributed by atoms with Crippen molar-refractivity contribution in [1.82, 2.24) is 14.6 Å². The predicted molar refractivity (Wildman–Crippen MR) is 49.9 cm³/mol. The first-order chi connectivity index (χ1) is 6.18. The van der Waals surface area contributed by atoms with Crippen LogP contribution in [0.25, 0.3) is 5.65 Å². The van der Waals surface area contributed by atoms with Crippen LogP contribution in [-0.2, 0) is 0 Å². The van der Waals surface area contributed by atoms with Crippen molar-refractivity contribution >= 4 is 5.65 Å². The van der Waals surface area contributed by atoms with E-state index in [0.29, 0.717) is 11.6 Å². The average Bonchev–Trinajstić information content (AvgIpc) is 2.49. The predicted octanol–water partition coefficient (Wildman–Crippen LogP) is 1.15. The lowest BCUT2D eigenvalue weighted by molar-refractivity contribution is 0.759. The van der Waals surface area contributed by atoms with Crippen LogP contribution in [0.5, 0.6) is 0 Å². The van der Waals surface area contributed by atoms with Crippen LogP contribution in [0.3, 0.4) is 0 Å². The van der Waals surface area contributed by atoms with E-state index >= 15 is 0 Å². The molecule has 2 rings (SSSR count). The minimum atomic E-state index is -0.0723. The standard InChI is InChI=1S/C9H11N3O/c1-6(2)9-10-7-4-3-5-8(13)12(7)11-9/h3-6H,1-2H3,(H,10,11). The molecule has 68 valence electrons. The van der Waals surface area contributed by atoms with Crippen LogP contribution in [0.15, 0.2) is 23.0 Å². The van der Waals surface area contributed by atoms with Crippen molar-refractivity contribution in [2.45, 2.75) is 19.8 Å². The molecule has 1 N–H and O–H groups in total. The SMILES string of the molecule is CC(C)c1nc2cccc(=O)n2[nH]1. The van der Waals surface area contributed by atoms with Crippen molar-refractivity contribution < 1.29 is 0 Å². The van der Waals surface area contributed by atoms with Gasteiger partial charge in [0.05, 0.1) is 0 Å². The number of nitrogens with zero attached hydrogens (tertiary/aromatic N) is 2. The Kier molecular flexibility index (Phi) is 1.69. The van der Waals surface area contributed by atoms with Crippen LogP contribution in [-0.4, -0.2) is 14.6 Å². The quantitative estimate of drug-likeness (QED) is 0.710. The fourth-order valence-corrected chi connectivity index (χ4v) is 1.20. The summed E-state index contributed by atoms with van der Waals surface area (Å²) in [6.45, 7) is 4.06. The second kappa shape index (κ2) is 2.73. The van der Waals surface area contributed by atoms with Gasteiger partial charge in [-0.3, -0.25) is 9.89 Å². The highest BCUT2D eigenvalue weighted by molar-refractivity contribution is 5.36. The van der Waals surface area contributed by atoms with Crippen LogP contribution in [0.4, 0.5) is 0 Å². The van der Waals surface area contributed by atoms with Crippen LogP contribution in [0, 0.1) is 0 Å². The molecule has 0 saturated carbocycles. The van der Waals surface area contributed by atoms with E-state index in [1.807, 2.05) is 19.9 Å². The van der Waals surface area contributed by atoms with Crippen LogP contribution < -0.4 is 5.56 Å². The van der Waals surface area contributed by atoms with Crippen molar-refractivity contribution in [2.24, 2.45) is 0 Å². The minimum absolute atomic E-state index is 0.0723. The maximum atomic E-state index is 11.3. The van der Waals surface area contributed by atoms with Crippen molar-refractivity contribution in [1.29, 1.82) is 0 Å². The van der Waals surface area contributed by atoms with Gasteiger partial charge in [-0.25, -0.2) is 9.50 Å². The van der Waals surface area contributed by atoms with Gasteiger partial charge in [0.1, 0.15) is 5.82 Å². The first-order valence-electron chi connectivity index (χ1n) is 4.26.